The Balaban J connectivity index is 2.18. The van der Waals surface area contributed by atoms with Gasteiger partial charge in [0.25, 0.3) is 5.56 Å². The largest absolute Gasteiger partial charge is 0.488 e. The zero-order valence-corrected chi connectivity index (χ0v) is 15.9. The minimum atomic E-state index is -0.714. The number of H-pyrrole nitrogens is 1. The maximum atomic E-state index is 13.9. The Labute approximate surface area is 167 Å². The van der Waals surface area contributed by atoms with Gasteiger partial charge >= 0.3 is 0 Å². The summed E-state index contributed by atoms with van der Waals surface area (Å²) in [6.07, 6.45) is 0. The molecule has 0 fully saturated rings. The number of rotatable bonds is 4. The van der Waals surface area contributed by atoms with E-state index in [2.05, 4.69) is 20.9 Å². The van der Waals surface area contributed by atoms with Crippen molar-refractivity contribution >= 4 is 21.7 Å². The fraction of sp³-hybridized carbons (Fsp3) is 0.0500. The Morgan fingerprint density at radius 1 is 1.14 bits per heavy atom. The topological polar surface area (TPSA) is 116 Å². The molecule has 0 aliphatic heterocycles. The van der Waals surface area contributed by atoms with Crippen LogP contribution in [0.3, 0.4) is 0 Å². The number of nitrogens with zero attached hydrogens (tertiary/aromatic N) is 2. The molecule has 28 heavy (non-hydrogen) atoms. The van der Waals surface area contributed by atoms with Gasteiger partial charge < -0.3 is 15.5 Å². The van der Waals surface area contributed by atoms with Crippen molar-refractivity contribution in [3.05, 3.63) is 79.8 Å². The highest BCUT2D eigenvalue weighted by atomic mass is 79.9. The molecule has 6 nitrogen and oxygen atoms in total. The lowest BCUT2D eigenvalue weighted by molar-refractivity contribution is 0.301. The molecule has 3 rings (SSSR count). The highest BCUT2D eigenvalue weighted by Crippen LogP contribution is 2.37. The van der Waals surface area contributed by atoms with Crippen LogP contribution in [0.1, 0.15) is 16.7 Å². The van der Waals surface area contributed by atoms with Crippen LogP contribution in [0.25, 0.3) is 11.1 Å². The number of nitrogen functional groups attached to an aromatic ring is 1. The summed E-state index contributed by atoms with van der Waals surface area (Å²) in [6, 6.07) is 14.8. The van der Waals surface area contributed by atoms with Gasteiger partial charge in [-0.05, 0) is 24.3 Å². The Hall–Kier alpha value is -3.62. The first kappa shape index (κ1) is 19.2. The van der Waals surface area contributed by atoms with E-state index in [1.54, 1.807) is 36.4 Å². The lowest BCUT2D eigenvalue weighted by Crippen LogP contribution is -2.16. The van der Waals surface area contributed by atoms with Crippen molar-refractivity contribution < 1.29 is 9.13 Å². The maximum Gasteiger partial charge on any atom is 0.268 e. The molecule has 3 N–H and O–H groups in total. The summed E-state index contributed by atoms with van der Waals surface area (Å²) in [5.41, 5.74) is 5.47. The van der Waals surface area contributed by atoms with Crippen LogP contribution < -0.4 is 16.0 Å². The Bertz CT molecular complexity index is 1210. The van der Waals surface area contributed by atoms with E-state index < -0.39 is 11.4 Å². The molecule has 0 aliphatic rings. The highest BCUT2D eigenvalue weighted by Gasteiger charge is 2.21. The summed E-state index contributed by atoms with van der Waals surface area (Å²) >= 11 is 3.33. The summed E-state index contributed by atoms with van der Waals surface area (Å²) in [7, 11) is 0. The predicted molar refractivity (Wildman–Crippen MR) is 105 cm³/mol. The van der Waals surface area contributed by atoms with Crippen LogP contribution in [0.2, 0.25) is 0 Å². The highest BCUT2D eigenvalue weighted by molar-refractivity contribution is 9.10. The standard InChI is InChI=1S/C20H12BrFN4O2/c21-12-5-6-17(28-10-11-3-1-2-4-16(11)22)13(7-12)18-14(8-23)19(25)26-20(27)15(18)9-24/h1-7H,10H2,(H3,25,26,27). The lowest BCUT2D eigenvalue weighted by atomic mass is 9.96. The van der Waals surface area contributed by atoms with Crippen molar-refractivity contribution in [2.75, 3.05) is 5.73 Å². The number of halogens is 2. The average Bonchev–Trinajstić information content (AvgIpc) is 2.67. The van der Waals surface area contributed by atoms with Crippen molar-refractivity contribution in [1.29, 1.82) is 10.5 Å². The van der Waals surface area contributed by atoms with E-state index in [0.29, 0.717) is 15.6 Å². The van der Waals surface area contributed by atoms with Gasteiger partial charge in [-0.15, -0.1) is 0 Å². The van der Waals surface area contributed by atoms with E-state index >= 15 is 0 Å². The molecule has 0 radical (unpaired) electrons. The molecule has 1 heterocycles. The van der Waals surface area contributed by atoms with Gasteiger partial charge in [-0.3, -0.25) is 4.79 Å². The third-order valence-electron chi connectivity index (χ3n) is 4.02. The van der Waals surface area contributed by atoms with E-state index in [1.807, 2.05) is 12.1 Å². The number of aromatic nitrogens is 1. The van der Waals surface area contributed by atoms with Crippen LogP contribution in [-0.2, 0) is 6.61 Å². The van der Waals surface area contributed by atoms with Gasteiger partial charge in [-0.1, -0.05) is 34.1 Å². The Morgan fingerprint density at radius 2 is 1.86 bits per heavy atom. The fourth-order valence-electron chi connectivity index (χ4n) is 2.71. The van der Waals surface area contributed by atoms with E-state index in [4.69, 9.17) is 10.5 Å². The molecule has 0 spiro atoms. The third-order valence-corrected chi connectivity index (χ3v) is 4.51. The molecule has 0 atom stereocenters. The number of nitrogens with one attached hydrogen (secondary N) is 1. The quantitative estimate of drug-likeness (QED) is 0.641. The van der Waals surface area contributed by atoms with Gasteiger partial charge in [0.15, 0.2) is 0 Å². The van der Waals surface area contributed by atoms with Crippen molar-refractivity contribution in [2.45, 2.75) is 6.61 Å². The average molecular weight is 439 g/mol. The molecule has 0 amide bonds. The van der Waals surface area contributed by atoms with Crippen LogP contribution in [0.4, 0.5) is 10.2 Å². The third kappa shape index (κ3) is 3.59. The predicted octanol–water partition coefficient (Wildman–Crippen LogP) is 3.85. The van der Waals surface area contributed by atoms with Gasteiger partial charge in [-0.2, -0.15) is 10.5 Å². The molecular formula is C20H12BrFN4O2. The van der Waals surface area contributed by atoms with Crippen LogP contribution >= 0.6 is 15.9 Å². The number of nitriles is 2. The first-order chi connectivity index (χ1) is 13.5. The number of benzene rings is 2. The first-order valence-electron chi connectivity index (χ1n) is 7.98. The summed E-state index contributed by atoms with van der Waals surface area (Å²) in [6.45, 7) is -0.0796. The molecule has 0 aliphatic carbocycles. The van der Waals surface area contributed by atoms with Gasteiger partial charge in [0.05, 0.1) is 0 Å². The van der Waals surface area contributed by atoms with Crippen molar-refractivity contribution in [1.82, 2.24) is 4.98 Å². The summed E-state index contributed by atoms with van der Waals surface area (Å²) in [4.78, 5) is 14.5. The Morgan fingerprint density at radius 3 is 2.54 bits per heavy atom. The van der Waals surface area contributed by atoms with Crippen LogP contribution in [0.5, 0.6) is 5.75 Å². The second-order valence-electron chi connectivity index (χ2n) is 5.74. The number of nitrogens with two attached hydrogens (primary N) is 1. The minimum absolute atomic E-state index is 0.0509. The van der Waals surface area contributed by atoms with Crippen LogP contribution in [0.15, 0.2) is 51.7 Å². The fourth-order valence-corrected chi connectivity index (χ4v) is 3.07. The number of hydrogen-bond donors (Lipinski definition) is 2. The molecule has 0 unspecified atom stereocenters. The summed E-state index contributed by atoms with van der Waals surface area (Å²) in [5.74, 6) is -0.303. The molecule has 138 valence electrons. The summed E-state index contributed by atoms with van der Waals surface area (Å²) in [5, 5.41) is 19.0. The second kappa shape index (κ2) is 7.95. The van der Waals surface area contributed by atoms with Gasteiger partial charge in [0.1, 0.15) is 47.3 Å². The number of anilines is 1. The molecule has 3 aromatic rings. The normalized spacial score (nSPS) is 10.1. The number of ether oxygens (including phenoxy) is 1. The smallest absolute Gasteiger partial charge is 0.268 e. The van der Waals surface area contributed by atoms with Crippen molar-refractivity contribution in [3.8, 4) is 29.0 Å². The molecule has 8 heteroatoms. The van der Waals surface area contributed by atoms with Crippen molar-refractivity contribution in [3.63, 3.8) is 0 Å². The van der Waals surface area contributed by atoms with Crippen LogP contribution in [0, 0.1) is 28.5 Å². The summed E-state index contributed by atoms with van der Waals surface area (Å²) < 4.78 is 20.3. The molecule has 1 aromatic heterocycles. The van der Waals surface area contributed by atoms with Crippen LogP contribution in [-0.4, -0.2) is 4.98 Å². The lowest BCUT2D eigenvalue weighted by Gasteiger charge is -2.15. The minimum Gasteiger partial charge on any atom is -0.488 e. The van der Waals surface area contributed by atoms with Crippen molar-refractivity contribution in [2.24, 2.45) is 0 Å². The van der Waals surface area contributed by atoms with Gasteiger partial charge in [-0.25, -0.2) is 4.39 Å². The molecular weight excluding hydrogens is 427 g/mol. The maximum absolute atomic E-state index is 13.9. The number of hydrogen-bond acceptors (Lipinski definition) is 5. The van der Waals surface area contributed by atoms with E-state index in [0.717, 1.165) is 0 Å². The zero-order chi connectivity index (χ0) is 20.3. The SMILES string of the molecule is N#Cc1c(N)[nH]c(=O)c(C#N)c1-c1cc(Br)ccc1OCc1ccccc1F. The van der Waals surface area contributed by atoms with E-state index in [-0.39, 0.29) is 34.9 Å². The molecule has 2 aromatic carbocycles. The number of aromatic amines is 1. The Kier molecular flexibility index (Phi) is 5.44. The zero-order valence-electron chi connectivity index (χ0n) is 14.3. The van der Waals surface area contributed by atoms with E-state index in [1.165, 1.54) is 6.07 Å². The molecule has 0 saturated heterocycles. The molecule has 0 bridgehead atoms. The number of pyridine rings is 1. The molecule has 0 saturated carbocycles. The second-order valence-corrected chi connectivity index (χ2v) is 6.65. The van der Waals surface area contributed by atoms with Gasteiger partial charge in [0.2, 0.25) is 0 Å². The van der Waals surface area contributed by atoms with E-state index in [9.17, 15) is 19.7 Å². The first-order valence-corrected chi connectivity index (χ1v) is 8.77. The monoisotopic (exact) mass is 438 g/mol. The van der Waals surface area contributed by atoms with Gasteiger partial charge in [0, 0.05) is 21.2 Å².